The van der Waals surface area contributed by atoms with Gasteiger partial charge in [-0.3, -0.25) is 4.79 Å². The van der Waals surface area contributed by atoms with Gasteiger partial charge >= 0.3 is 0 Å². The van der Waals surface area contributed by atoms with E-state index >= 15 is 0 Å². The molecule has 0 bridgehead atoms. The fourth-order valence-electron chi connectivity index (χ4n) is 2.19. The molecule has 0 saturated heterocycles. The third kappa shape index (κ3) is 9.36. The molecule has 0 amide bonds. The number of ether oxygens (including phenoxy) is 5. The quantitative estimate of drug-likeness (QED) is 0.284. The first-order valence-electron chi connectivity index (χ1n) is 9.17. The number of benzene rings is 2. The van der Waals surface area contributed by atoms with Gasteiger partial charge in [-0.1, -0.05) is 0 Å². The van der Waals surface area contributed by atoms with Crippen molar-refractivity contribution in [1.82, 2.24) is 0 Å². The summed E-state index contributed by atoms with van der Waals surface area (Å²) in [4.78, 5) is 10.6. The number of aldehydes is 1. The summed E-state index contributed by atoms with van der Waals surface area (Å²) in [5.74, 6) is 1.48. The Morgan fingerprint density at radius 1 is 0.607 bits per heavy atom. The molecule has 0 radical (unpaired) electrons. The number of hydrogen-bond acceptors (Lipinski definition) is 7. The second-order valence-corrected chi connectivity index (χ2v) is 5.79. The fourth-order valence-corrected chi connectivity index (χ4v) is 2.19. The lowest BCUT2D eigenvalue weighted by Gasteiger charge is -2.09. The van der Waals surface area contributed by atoms with Gasteiger partial charge in [-0.05, 0) is 48.5 Å². The number of carbonyl (C=O) groups excluding carboxylic acids is 1. The average Bonchev–Trinajstić information content (AvgIpc) is 2.73. The van der Waals surface area contributed by atoms with Crippen molar-refractivity contribution in [2.75, 3.05) is 58.6 Å². The molecule has 0 aromatic heterocycles. The molecule has 0 aliphatic heterocycles. The number of nitrogens with two attached hydrogens (primary N) is 1. The number of rotatable bonds is 15. The molecule has 0 fully saturated rings. The Kier molecular flexibility index (Phi) is 10.5. The molecule has 0 unspecified atom stereocenters. The highest BCUT2D eigenvalue weighted by Crippen LogP contribution is 2.12. The van der Waals surface area contributed by atoms with Crippen LogP contribution in [0.25, 0.3) is 0 Å². The summed E-state index contributed by atoms with van der Waals surface area (Å²) in [6.07, 6.45) is 0.799. The molecule has 152 valence electrons. The van der Waals surface area contributed by atoms with Crippen molar-refractivity contribution >= 4 is 12.0 Å². The predicted octanol–water partition coefficient (Wildman–Crippen LogP) is 2.59. The van der Waals surface area contributed by atoms with Crippen LogP contribution in [0.15, 0.2) is 48.5 Å². The molecule has 0 atom stereocenters. The third-order valence-corrected chi connectivity index (χ3v) is 3.63. The summed E-state index contributed by atoms with van der Waals surface area (Å²) in [5, 5.41) is 0. The van der Waals surface area contributed by atoms with Gasteiger partial charge in [-0.2, -0.15) is 0 Å². The van der Waals surface area contributed by atoms with E-state index < -0.39 is 0 Å². The first-order valence-corrected chi connectivity index (χ1v) is 9.17. The van der Waals surface area contributed by atoms with Gasteiger partial charge in [0.15, 0.2) is 0 Å². The van der Waals surface area contributed by atoms with Crippen molar-refractivity contribution in [3.05, 3.63) is 54.1 Å². The van der Waals surface area contributed by atoms with Crippen LogP contribution in [0.5, 0.6) is 11.5 Å². The maximum Gasteiger partial charge on any atom is 0.150 e. The molecule has 7 nitrogen and oxygen atoms in total. The van der Waals surface area contributed by atoms with Gasteiger partial charge in [-0.25, -0.2) is 0 Å². The van der Waals surface area contributed by atoms with E-state index in [1.54, 1.807) is 36.4 Å². The summed E-state index contributed by atoms with van der Waals surface area (Å²) < 4.78 is 27.3. The molecular formula is C21H27NO6. The van der Waals surface area contributed by atoms with E-state index in [0.29, 0.717) is 69.9 Å². The predicted molar refractivity (Wildman–Crippen MR) is 106 cm³/mol. The standard InChI is InChI=1S/C21H27NO6/c22-19-3-7-21(8-4-19)28-16-14-26-12-10-24-9-11-25-13-15-27-20-5-1-18(17-23)2-6-20/h1-8,17H,9-16,22H2. The topological polar surface area (TPSA) is 89.2 Å². The number of hydrogen-bond donors (Lipinski definition) is 1. The van der Waals surface area contributed by atoms with Crippen LogP contribution in [0.1, 0.15) is 10.4 Å². The molecule has 7 heteroatoms. The summed E-state index contributed by atoms with van der Waals surface area (Å²) in [5.41, 5.74) is 6.94. The van der Waals surface area contributed by atoms with Crippen LogP contribution in [0, 0.1) is 0 Å². The Labute approximate surface area is 165 Å². The van der Waals surface area contributed by atoms with Gasteiger partial charge in [0.1, 0.15) is 31.0 Å². The SMILES string of the molecule is Nc1ccc(OCCOCCOCCOCCOc2ccc(C=O)cc2)cc1. The second-order valence-electron chi connectivity index (χ2n) is 5.79. The van der Waals surface area contributed by atoms with Crippen LogP contribution in [-0.2, 0) is 14.2 Å². The average molecular weight is 389 g/mol. The minimum Gasteiger partial charge on any atom is -0.491 e. The van der Waals surface area contributed by atoms with E-state index in [1.165, 1.54) is 0 Å². The first-order chi connectivity index (χ1) is 13.8. The maximum atomic E-state index is 10.6. The number of carbonyl (C=O) groups is 1. The van der Waals surface area contributed by atoms with Crippen molar-refractivity contribution in [2.45, 2.75) is 0 Å². The van der Waals surface area contributed by atoms with Gasteiger partial charge in [0, 0.05) is 11.3 Å². The molecule has 2 N–H and O–H groups in total. The van der Waals surface area contributed by atoms with Crippen molar-refractivity contribution in [3.63, 3.8) is 0 Å². The van der Waals surface area contributed by atoms with Gasteiger partial charge in [0.25, 0.3) is 0 Å². The largest absolute Gasteiger partial charge is 0.491 e. The molecule has 2 aromatic rings. The maximum absolute atomic E-state index is 10.6. The highest BCUT2D eigenvalue weighted by atomic mass is 16.6. The van der Waals surface area contributed by atoms with E-state index in [2.05, 4.69) is 0 Å². The first kappa shape index (κ1) is 21.7. The molecule has 28 heavy (non-hydrogen) atoms. The highest BCUT2D eigenvalue weighted by molar-refractivity contribution is 5.74. The van der Waals surface area contributed by atoms with Crippen molar-refractivity contribution in [1.29, 1.82) is 0 Å². The van der Waals surface area contributed by atoms with Crippen molar-refractivity contribution in [2.24, 2.45) is 0 Å². The lowest BCUT2D eigenvalue weighted by molar-refractivity contribution is 0.00499. The highest BCUT2D eigenvalue weighted by Gasteiger charge is 1.97. The summed E-state index contributed by atoms with van der Waals surface area (Å²) in [6, 6.07) is 14.2. The second kappa shape index (κ2) is 13.5. The normalized spacial score (nSPS) is 10.6. The van der Waals surface area contributed by atoms with Crippen molar-refractivity contribution < 1.29 is 28.5 Å². The Hall–Kier alpha value is -2.61. The molecule has 0 heterocycles. The summed E-state index contributed by atoms with van der Waals surface area (Å²) in [7, 11) is 0. The molecular weight excluding hydrogens is 362 g/mol. The van der Waals surface area contributed by atoms with Crippen LogP contribution in [-0.4, -0.2) is 59.1 Å². The lowest BCUT2D eigenvalue weighted by atomic mass is 10.2. The Morgan fingerprint density at radius 2 is 1.00 bits per heavy atom. The monoisotopic (exact) mass is 389 g/mol. The Bertz CT molecular complexity index is 660. The van der Waals surface area contributed by atoms with Crippen LogP contribution in [0.3, 0.4) is 0 Å². The summed E-state index contributed by atoms with van der Waals surface area (Å²) in [6.45, 7) is 3.89. The zero-order valence-electron chi connectivity index (χ0n) is 15.9. The Balaban J connectivity index is 1.34. The van der Waals surface area contributed by atoms with Crippen LogP contribution < -0.4 is 15.2 Å². The summed E-state index contributed by atoms with van der Waals surface area (Å²) >= 11 is 0. The minimum absolute atomic E-state index is 0.442. The number of nitrogen functional groups attached to an aromatic ring is 1. The van der Waals surface area contributed by atoms with E-state index in [4.69, 9.17) is 29.4 Å². The van der Waals surface area contributed by atoms with E-state index in [1.807, 2.05) is 12.1 Å². The van der Waals surface area contributed by atoms with Gasteiger partial charge in [0.05, 0.1) is 39.6 Å². The molecule has 2 aromatic carbocycles. The van der Waals surface area contributed by atoms with Gasteiger partial charge < -0.3 is 29.4 Å². The third-order valence-electron chi connectivity index (χ3n) is 3.63. The molecule has 0 spiro atoms. The molecule has 0 aliphatic rings. The smallest absolute Gasteiger partial charge is 0.150 e. The zero-order valence-corrected chi connectivity index (χ0v) is 15.9. The van der Waals surface area contributed by atoms with Crippen molar-refractivity contribution in [3.8, 4) is 11.5 Å². The number of anilines is 1. The minimum atomic E-state index is 0.442. The zero-order chi connectivity index (χ0) is 19.9. The fraction of sp³-hybridized carbons (Fsp3) is 0.381. The van der Waals surface area contributed by atoms with Gasteiger partial charge in [-0.15, -0.1) is 0 Å². The molecule has 2 rings (SSSR count). The molecule has 0 saturated carbocycles. The lowest BCUT2D eigenvalue weighted by Crippen LogP contribution is -2.14. The van der Waals surface area contributed by atoms with Crippen LogP contribution in [0.4, 0.5) is 5.69 Å². The molecule has 0 aliphatic carbocycles. The van der Waals surface area contributed by atoms with E-state index in [-0.39, 0.29) is 0 Å². The van der Waals surface area contributed by atoms with Crippen LogP contribution in [0.2, 0.25) is 0 Å². The van der Waals surface area contributed by atoms with Gasteiger partial charge in [0.2, 0.25) is 0 Å². The van der Waals surface area contributed by atoms with E-state index in [9.17, 15) is 4.79 Å². The van der Waals surface area contributed by atoms with Crippen LogP contribution >= 0.6 is 0 Å². The van der Waals surface area contributed by atoms with E-state index in [0.717, 1.165) is 12.0 Å². The Morgan fingerprint density at radius 3 is 1.43 bits per heavy atom.